The summed E-state index contributed by atoms with van der Waals surface area (Å²) in [5.41, 5.74) is 0. The van der Waals surface area contributed by atoms with Gasteiger partial charge in [0.15, 0.2) is 0 Å². The normalized spacial score (nSPS) is 9.33. The van der Waals surface area contributed by atoms with Gasteiger partial charge < -0.3 is 4.90 Å². The molecule has 0 aromatic heterocycles. The van der Waals surface area contributed by atoms with E-state index in [9.17, 15) is 4.48 Å². The van der Waals surface area contributed by atoms with Gasteiger partial charge in [0.05, 0.1) is 0 Å². The average molecular weight is 136 g/mol. The van der Waals surface area contributed by atoms with Crippen molar-refractivity contribution in [3.8, 4) is 0 Å². The summed E-state index contributed by atoms with van der Waals surface area (Å²) >= 11 is 0. The fourth-order valence-electron chi connectivity index (χ4n) is 0. The molecule has 2 nitrogen and oxygen atoms in total. The summed E-state index contributed by atoms with van der Waals surface area (Å²) in [5.74, 6) is 0. The summed E-state index contributed by atoms with van der Waals surface area (Å²) in [6.07, 6.45) is 0. The first kappa shape index (κ1) is 11.6. The van der Waals surface area contributed by atoms with Crippen LogP contribution in [0.25, 0.3) is 0 Å². The van der Waals surface area contributed by atoms with Crippen molar-refractivity contribution in [1.29, 1.82) is 0 Å². The largest absolute Gasteiger partial charge is 0.310 e. The average Bonchev–Trinajstić information content (AvgIpc) is 1.65. The van der Waals surface area contributed by atoms with E-state index in [1.807, 2.05) is 0 Å². The molecule has 3 heteroatoms. The smallest absolute Gasteiger partial charge is 0.0173 e. The third kappa shape index (κ3) is 78.5. The molecule has 0 saturated heterocycles. The molecular formula is C6H17FN2. The Hall–Kier alpha value is -0.150. The second-order valence-corrected chi connectivity index (χ2v) is 2.18. The lowest BCUT2D eigenvalue weighted by atomic mass is 10.7. The van der Waals surface area contributed by atoms with Crippen LogP contribution in [-0.4, -0.2) is 44.8 Å². The molecule has 0 fully saturated rings. The molecule has 0 aromatic rings. The minimum atomic E-state index is 0.500. The van der Waals surface area contributed by atoms with Crippen LogP contribution in [0, 0.1) is 0 Å². The zero-order valence-electron chi connectivity index (χ0n) is 6.98. The third-order valence-electron chi connectivity index (χ3n) is 0.632. The van der Waals surface area contributed by atoms with Gasteiger partial charge in [-0.2, -0.15) is 5.12 Å². The molecule has 0 spiro atoms. The number of hydrogen-bond acceptors (Lipinski definition) is 2. The molecule has 0 bridgehead atoms. The van der Waals surface area contributed by atoms with Crippen LogP contribution >= 0.6 is 0 Å². The maximum absolute atomic E-state index is 10.8. The van der Waals surface area contributed by atoms with E-state index in [1.54, 1.807) is 0 Å². The van der Waals surface area contributed by atoms with Gasteiger partial charge in [0, 0.05) is 14.1 Å². The van der Waals surface area contributed by atoms with Gasteiger partial charge in [-0.05, 0) is 20.6 Å². The second-order valence-electron chi connectivity index (χ2n) is 2.18. The fraction of sp³-hybridized carbons (Fsp3) is 1.00. The van der Waals surface area contributed by atoms with E-state index in [1.165, 1.54) is 14.1 Å². The van der Waals surface area contributed by atoms with Gasteiger partial charge >= 0.3 is 0 Å². The van der Waals surface area contributed by atoms with Crippen LogP contribution < -0.4 is 0 Å². The number of rotatable bonds is 1. The summed E-state index contributed by atoms with van der Waals surface area (Å²) in [6, 6.07) is 0. The van der Waals surface area contributed by atoms with Gasteiger partial charge in [-0.3, -0.25) is 0 Å². The fourth-order valence-corrected chi connectivity index (χ4v) is 0. The van der Waals surface area contributed by atoms with Crippen molar-refractivity contribution >= 4 is 0 Å². The SMILES string of the molecule is CCN(C)C.CN(C)F. The Morgan fingerprint density at radius 1 is 1.11 bits per heavy atom. The molecule has 58 valence electrons. The Morgan fingerprint density at radius 2 is 1.22 bits per heavy atom. The van der Waals surface area contributed by atoms with Crippen molar-refractivity contribution in [2.24, 2.45) is 0 Å². The zero-order valence-corrected chi connectivity index (χ0v) is 6.98. The summed E-state index contributed by atoms with van der Waals surface area (Å²) in [6.45, 7) is 3.26. The molecule has 0 aromatic carbocycles. The first-order chi connectivity index (χ1) is 4.00. The highest BCUT2D eigenvalue weighted by Crippen LogP contribution is 1.63. The third-order valence-corrected chi connectivity index (χ3v) is 0.632. The lowest BCUT2D eigenvalue weighted by Gasteiger charge is -2.00. The van der Waals surface area contributed by atoms with Gasteiger partial charge in [-0.15, -0.1) is 4.48 Å². The standard InChI is InChI=1S/C4H11N.C2H6FN/c1-4-5(2)3;1-4(2)3/h4H2,1-3H3;1-2H3. The van der Waals surface area contributed by atoms with E-state index in [-0.39, 0.29) is 0 Å². The lowest BCUT2D eigenvalue weighted by Crippen LogP contribution is -2.08. The van der Waals surface area contributed by atoms with Crippen LogP contribution in [0.2, 0.25) is 0 Å². The van der Waals surface area contributed by atoms with Crippen molar-refractivity contribution in [3.63, 3.8) is 0 Å². The lowest BCUT2D eigenvalue weighted by molar-refractivity contribution is 0.0977. The Balaban J connectivity index is 0. The van der Waals surface area contributed by atoms with E-state index >= 15 is 0 Å². The quantitative estimate of drug-likeness (QED) is 0.496. The van der Waals surface area contributed by atoms with Gasteiger partial charge in [-0.25, -0.2) is 0 Å². The van der Waals surface area contributed by atoms with Crippen molar-refractivity contribution < 1.29 is 4.48 Å². The molecule has 0 N–H and O–H groups in total. The van der Waals surface area contributed by atoms with Crippen molar-refractivity contribution in [3.05, 3.63) is 0 Å². The number of halogens is 1. The summed E-state index contributed by atoms with van der Waals surface area (Å²) < 4.78 is 10.8. The Morgan fingerprint density at radius 3 is 1.22 bits per heavy atom. The minimum absolute atomic E-state index is 0.500. The van der Waals surface area contributed by atoms with Crippen molar-refractivity contribution in [2.45, 2.75) is 6.92 Å². The maximum atomic E-state index is 10.8. The highest BCUT2D eigenvalue weighted by molar-refractivity contribution is 4.25. The van der Waals surface area contributed by atoms with Crippen LogP contribution in [0.3, 0.4) is 0 Å². The van der Waals surface area contributed by atoms with Crippen LogP contribution in [0.15, 0.2) is 0 Å². The molecular weight excluding hydrogens is 119 g/mol. The van der Waals surface area contributed by atoms with Gasteiger partial charge in [0.2, 0.25) is 0 Å². The summed E-state index contributed by atoms with van der Waals surface area (Å²) in [7, 11) is 6.78. The maximum Gasteiger partial charge on any atom is 0.0173 e. The van der Waals surface area contributed by atoms with Crippen molar-refractivity contribution in [2.75, 3.05) is 34.7 Å². The molecule has 0 radical (unpaired) electrons. The van der Waals surface area contributed by atoms with E-state index in [2.05, 4.69) is 25.9 Å². The Bertz CT molecular complexity index is 43.6. The molecule has 0 amide bonds. The summed E-state index contributed by atoms with van der Waals surface area (Å²) in [4.78, 5) is 2.12. The van der Waals surface area contributed by atoms with Crippen molar-refractivity contribution in [1.82, 2.24) is 10.0 Å². The second kappa shape index (κ2) is 7.85. The van der Waals surface area contributed by atoms with Gasteiger partial charge in [0.25, 0.3) is 0 Å². The monoisotopic (exact) mass is 136 g/mol. The number of hydrogen-bond donors (Lipinski definition) is 0. The van der Waals surface area contributed by atoms with Gasteiger partial charge in [0.1, 0.15) is 0 Å². The Kier molecular flexibility index (Phi) is 10.1. The molecule has 0 heterocycles. The predicted octanol–water partition coefficient (Wildman–Crippen LogP) is 1.00. The molecule has 0 atom stereocenters. The molecule has 0 aliphatic heterocycles. The molecule has 0 unspecified atom stereocenters. The Labute approximate surface area is 57.2 Å². The van der Waals surface area contributed by atoms with E-state index < -0.39 is 0 Å². The first-order valence-corrected chi connectivity index (χ1v) is 2.98. The predicted molar refractivity (Wildman–Crippen MR) is 39.0 cm³/mol. The molecule has 0 saturated carbocycles. The highest BCUT2D eigenvalue weighted by Gasteiger charge is 1.72. The van der Waals surface area contributed by atoms with Crippen LogP contribution in [0.1, 0.15) is 6.92 Å². The van der Waals surface area contributed by atoms with Crippen LogP contribution in [0.4, 0.5) is 4.48 Å². The number of nitrogens with zero attached hydrogens (tertiary/aromatic N) is 2. The van der Waals surface area contributed by atoms with E-state index in [4.69, 9.17) is 0 Å². The minimum Gasteiger partial charge on any atom is -0.310 e. The topological polar surface area (TPSA) is 6.48 Å². The zero-order chi connectivity index (χ0) is 7.86. The van der Waals surface area contributed by atoms with Crippen LogP contribution in [-0.2, 0) is 0 Å². The van der Waals surface area contributed by atoms with Crippen LogP contribution in [0.5, 0.6) is 0 Å². The molecule has 0 aliphatic carbocycles. The van der Waals surface area contributed by atoms with E-state index in [0.717, 1.165) is 6.54 Å². The highest BCUT2D eigenvalue weighted by atomic mass is 19.2. The summed E-state index contributed by atoms with van der Waals surface area (Å²) in [5, 5.41) is 0.500. The van der Waals surface area contributed by atoms with Gasteiger partial charge in [-0.1, -0.05) is 6.92 Å². The molecule has 0 aliphatic rings. The molecule has 9 heavy (non-hydrogen) atoms. The first-order valence-electron chi connectivity index (χ1n) is 2.98. The molecule has 0 rings (SSSR count). The van der Waals surface area contributed by atoms with E-state index in [0.29, 0.717) is 5.12 Å².